The molecule has 0 saturated carbocycles. The quantitative estimate of drug-likeness (QED) is 0.583. The first-order valence-electron chi connectivity index (χ1n) is 4.71. The van der Waals surface area contributed by atoms with Crippen LogP contribution in [-0.2, 0) is 0 Å². The van der Waals surface area contributed by atoms with Crippen LogP contribution in [0.5, 0.6) is 0 Å². The first-order chi connectivity index (χ1) is 5.83. The molecule has 2 heteroatoms. The minimum atomic E-state index is 0.990. The summed E-state index contributed by atoms with van der Waals surface area (Å²) in [6, 6.07) is 0. The molecule has 2 nitrogen and oxygen atoms in total. The molecule has 0 aromatic rings. The Hall–Kier alpha value is -0.630. The average Bonchev–Trinajstić information content (AvgIpc) is 2.05. The van der Waals surface area contributed by atoms with E-state index in [-0.39, 0.29) is 0 Å². The molecule has 1 rings (SSSR count). The topological polar surface area (TPSA) is 15.6 Å². The molecule has 0 fully saturated rings. The van der Waals surface area contributed by atoms with Gasteiger partial charge in [0.15, 0.2) is 0 Å². The molecule has 1 aliphatic rings. The Balaban J connectivity index is 2.35. The lowest BCUT2D eigenvalue weighted by atomic mass is 10.2. The molecule has 0 saturated heterocycles. The zero-order chi connectivity index (χ0) is 8.81. The lowest BCUT2D eigenvalue weighted by Crippen LogP contribution is -2.28. The summed E-state index contributed by atoms with van der Waals surface area (Å²) in [5.74, 6) is 0. The smallest absolute Gasteiger partial charge is 0.0485 e. The van der Waals surface area contributed by atoms with Gasteiger partial charge in [0.25, 0.3) is 0 Å². The van der Waals surface area contributed by atoms with Crippen molar-refractivity contribution in [2.24, 2.45) is 4.99 Å². The Bertz CT molecular complexity index is 182. The van der Waals surface area contributed by atoms with Crippen LogP contribution in [0.1, 0.15) is 19.8 Å². The van der Waals surface area contributed by atoms with E-state index in [1.165, 1.54) is 18.6 Å². The van der Waals surface area contributed by atoms with E-state index >= 15 is 0 Å². The van der Waals surface area contributed by atoms with E-state index < -0.39 is 0 Å². The lowest BCUT2D eigenvalue weighted by Gasteiger charge is -2.18. The van der Waals surface area contributed by atoms with Crippen molar-refractivity contribution in [3.8, 4) is 0 Å². The molecule has 0 N–H and O–H groups in total. The van der Waals surface area contributed by atoms with Crippen LogP contribution >= 0.6 is 0 Å². The molecular weight excluding hydrogens is 148 g/mol. The van der Waals surface area contributed by atoms with Gasteiger partial charge >= 0.3 is 0 Å². The van der Waals surface area contributed by atoms with Gasteiger partial charge in [-0.25, -0.2) is 0 Å². The van der Waals surface area contributed by atoms with E-state index in [4.69, 9.17) is 0 Å². The molecule has 0 unspecified atom stereocenters. The molecule has 0 amide bonds. The first-order valence-corrected chi connectivity index (χ1v) is 4.71. The van der Waals surface area contributed by atoms with Crippen molar-refractivity contribution in [1.82, 2.24) is 4.90 Å². The number of nitrogens with zero attached hydrogens (tertiary/aromatic N) is 2. The summed E-state index contributed by atoms with van der Waals surface area (Å²) >= 11 is 0. The summed E-state index contributed by atoms with van der Waals surface area (Å²) in [4.78, 5) is 6.78. The average molecular weight is 166 g/mol. The minimum absolute atomic E-state index is 0.990. The normalized spacial score (nSPS) is 22.0. The van der Waals surface area contributed by atoms with Gasteiger partial charge in [-0.05, 0) is 19.5 Å². The van der Waals surface area contributed by atoms with Crippen LogP contribution in [0.2, 0.25) is 0 Å². The molecule has 0 atom stereocenters. The van der Waals surface area contributed by atoms with Gasteiger partial charge < -0.3 is 0 Å². The van der Waals surface area contributed by atoms with E-state index in [1.54, 1.807) is 0 Å². The monoisotopic (exact) mass is 166 g/mol. The lowest BCUT2D eigenvalue weighted by molar-refractivity contribution is 0.419. The third kappa shape index (κ3) is 3.18. The molecule has 0 aromatic carbocycles. The van der Waals surface area contributed by atoms with Gasteiger partial charge in [-0.15, -0.1) is 0 Å². The molecular formula is C10H18N2. The fourth-order valence-electron chi connectivity index (χ4n) is 1.25. The Labute approximate surface area is 75.0 Å². The summed E-state index contributed by atoms with van der Waals surface area (Å²) in [5.41, 5.74) is 1.23. The maximum atomic E-state index is 4.51. The molecule has 0 bridgehead atoms. The van der Waals surface area contributed by atoms with Crippen LogP contribution < -0.4 is 0 Å². The molecule has 1 aliphatic heterocycles. The van der Waals surface area contributed by atoms with Crippen LogP contribution in [-0.4, -0.2) is 37.3 Å². The Morgan fingerprint density at radius 3 is 3.08 bits per heavy atom. The van der Waals surface area contributed by atoms with Gasteiger partial charge in [0, 0.05) is 25.3 Å². The standard InChI is InChI=1S/C10H18N2/c1-3-4-7-11-10-6-5-8-12(2)9-10/h5-6H,3-4,7-9H2,1-2H3. The zero-order valence-corrected chi connectivity index (χ0v) is 8.08. The van der Waals surface area contributed by atoms with E-state index in [9.17, 15) is 0 Å². The number of hydrogen-bond donors (Lipinski definition) is 0. The fraction of sp³-hybridized carbons (Fsp3) is 0.700. The van der Waals surface area contributed by atoms with Crippen LogP contribution in [0.15, 0.2) is 17.1 Å². The maximum Gasteiger partial charge on any atom is 0.0485 e. The van der Waals surface area contributed by atoms with Crippen LogP contribution in [0, 0.1) is 0 Å². The van der Waals surface area contributed by atoms with Crippen molar-refractivity contribution in [2.75, 3.05) is 26.7 Å². The third-order valence-corrected chi connectivity index (χ3v) is 1.99. The van der Waals surface area contributed by atoms with E-state index in [1.807, 2.05) is 0 Å². The predicted octanol–water partition coefficient (Wildman–Crippen LogP) is 1.73. The second kappa shape index (κ2) is 5.09. The number of hydrogen-bond acceptors (Lipinski definition) is 2. The first kappa shape index (κ1) is 9.46. The van der Waals surface area contributed by atoms with Crippen molar-refractivity contribution in [3.63, 3.8) is 0 Å². The highest BCUT2D eigenvalue weighted by atomic mass is 15.1. The highest BCUT2D eigenvalue weighted by Crippen LogP contribution is 1.97. The maximum absolute atomic E-state index is 4.51. The Morgan fingerprint density at radius 1 is 1.58 bits per heavy atom. The predicted molar refractivity (Wildman–Crippen MR) is 53.8 cm³/mol. The summed E-state index contributed by atoms with van der Waals surface area (Å²) in [5, 5.41) is 0. The van der Waals surface area contributed by atoms with Crippen LogP contribution in [0.3, 0.4) is 0 Å². The summed E-state index contributed by atoms with van der Waals surface area (Å²) in [7, 11) is 2.12. The largest absolute Gasteiger partial charge is 0.297 e. The summed E-state index contributed by atoms with van der Waals surface area (Å²) < 4.78 is 0. The van der Waals surface area contributed by atoms with Crippen molar-refractivity contribution in [1.29, 1.82) is 0 Å². The van der Waals surface area contributed by atoms with Gasteiger partial charge in [0.1, 0.15) is 0 Å². The SMILES string of the molecule is CCCCN=C1C=CCN(C)C1. The van der Waals surface area contributed by atoms with Crippen molar-refractivity contribution in [3.05, 3.63) is 12.2 Å². The third-order valence-electron chi connectivity index (χ3n) is 1.99. The number of aliphatic imine (C=N–C) groups is 1. The Kier molecular flexibility index (Phi) is 4.01. The van der Waals surface area contributed by atoms with Gasteiger partial charge in [-0.1, -0.05) is 19.4 Å². The number of unbranched alkanes of at least 4 members (excludes halogenated alkanes) is 1. The van der Waals surface area contributed by atoms with Crippen LogP contribution in [0.25, 0.3) is 0 Å². The molecule has 68 valence electrons. The highest BCUT2D eigenvalue weighted by molar-refractivity contribution is 5.97. The number of likely N-dealkylation sites (N-methyl/N-ethyl adjacent to an activating group) is 1. The van der Waals surface area contributed by atoms with Gasteiger partial charge in [-0.2, -0.15) is 0 Å². The molecule has 12 heavy (non-hydrogen) atoms. The molecule has 1 heterocycles. The van der Waals surface area contributed by atoms with Gasteiger partial charge in [0.05, 0.1) is 0 Å². The molecule has 0 aliphatic carbocycles. The van der Waals surface area contributed by atoms with Crippen molar-refractivity contribution >= 4 is 5.71 Å². The van der Waals surface area contributed by atoms with E-state index in [0.717, 1.165) is 19.6 Å². The molecule has 0 radical (unpaired) electrons. The summed E-state index contributed by atoms with van der Waals surface area (Å²) in [6.45, 7) is 5.26. The van der Waals surface area contributed by atoms with E-state index in [0.29, 0.717) is 0 Å². The van der Waals surface area contributed by atoms with Gasteiger partial charge in [0.2, 0.25) is 0 Å². The molecule has 0 spiro atoms. The minimum Gasteiger partial charge on any atom is -0.297 e. The van der Waals surface area contributed by atoms with E-state index in [2.05, 4.69) is 36.0 Å². The second-order valence-corrected chi connectivity index (χ2v) is 3.33. The Morgan fingerprint density at radius 2 is 2.42 bits per heavy atom. The van der Waals surface area contributed by atoms with Crippen molar-refractivity contribution < 1.29 is 0 Å². The van der Waals surface area contributed by atoms with Gasteiger partial charge in [-0.3, -0.25) is 9.89 Å². The fourth-order valence-corrected chi connectivity index (χ4v) is 1.25. The second-order valence-electron chi connectivity index (χ2n) is 3.33. The summed E-state index contributed by atoms with van der Waals surface area (Å²) in [6.07, 6.45) is 6.77. The van der Waals surface area contributed by atoms with Crippen LogP contribution in [0.4, 0.5) is 0 Å². The number of rotatable bonds is 3. The molecule has 0 aromatic heterocycles. The van der Waals surface area contributed by atoms with Crippen molar-refractivity contribution in [2.45, 2.75) is 19.8 Å². The zero-order valence-electron chi connectivity index (χ0n) is 8.08. The highest BCUT2D eigenvalue weighted by Gasteiger charge is 2.04.